The lowest BCUT2D eigenvalue weighted by atomic mass is 9.81. The van der Waals surface area contributed by atoms with Crippen molar-refractivity contribution in [2.75, 3.05) is 20.3 Å². The van der Waals surface area contributed by atoms with Crippen LogP contribution in [0.15, 0.2) is 17.8 Å². The fraction of sp³-hybridized carbons (Fsp3) is 0.824. The topological polar surface area (TPSA) is 24.8 Å². The molecule has 20 heavy (non-hydrogen) atoms. The zero-order valence-electron chi connectivity index (χ0n) is 13.6. The van der Waals surface area contributed by atoms with Gasteiger partial charge < -0.3 is 4.74 Å². The van der Waals surface area contributed by atoms with Gasteiger partial charge in [-0.3, -0.25) is 5.01 Å². The molecule has 0 spiro atoms. The minimum absolute atomic E-state index is 0.0649. The van der Waals surface area contributed by atoms with Gasteiger partial charge in [-0.25, -0.2) is 0 Å². The summed E-state index contributed by atoms with van der Waals surface area (Å²) >= 11 is 0. The van der Waals surface area contributed by atoms with Gasteiger partial charge in [-0.05, 0) is 25.7 Å². The van der Waals surface area contributed by atoms with Crippen LogP contribution in [0.3, 0.4) is 0 Å². The number of ether oxygens (including phenoxy) is 1. The van der Waals surface area contributed by atoms with Crippen molar-refractivity contribution in [2.45, 2.75) is 64.8 Å². The Morgan fingerprint density at radius 3 is 2.80 bits per heavy atom. The number of unbranched alkanes of at least 4 members (excludes halogenated alkanes) is 2. The lowest BCUT2D eigenvalue weighted by Crippen LogP contribution is -2.30. The molecular formula is C17H32N2O. The normalized spacial score (nSPS) is 22.4. The van der Waals surface area contributed by atoms with E-state index >= 15 is 0 Å². The molecular weight excluding hydrogens is 248 g/mol. The van der Waals surface area contributed by atoms with E-state index in [2.05, 4.69) is 37.7 Å². The van der Waals surface area contributed by atoms with Crippen molar-refractivity contribution in [3.63, 3.8) is 0 Å². The second-order valence-corrected chi connectivity index (χ2v) is 5.91. The largest absolute Gasteiger partial charge is 0.382 e. The van der Waals surface area contributed by atoms with Crippen molar-refractivity contribution >= 4 is 6.21 Å². The first-order valence-electron chi connectivity index (χ1n) is 8.15. The fourth-order valence-electron chi connectivity index (χ4n) is 2.86. The molecule has 0 aromatic rings. The summed E-state index contributed by atoms with van der Waals surface area (Å²) in [4.78, 5) is 0. The van der Waals surface area contributed by atoms with E-state index in [1.54, 1.807) is 7.11 Å². The number of hydrogen-bond donors (Lipinski definition) is 0. The Labute approximate surface area is 125 Å². The standard InChI is InChI=1S/C17H32N2O/c1-5-8-9-12-17(6-2,7-3)15-18-19-13-10-11-16(19)14-20-4/h6,15-16H,2,5,7-14H2,1,3-4H3/b18-15+/t16-,17-/m0/s1. The van der Waals surface area contributed by atoms with E-state index in [9.17, 15) is 0 Å². The number of methoxy groups -OCH3 is 1. The zero-order chi connectivity index (χ0) is 14.8. The molecule has 3 nitrogen and oxygen atoms in total. The second kappa shape index (κ2) is 9.17. The predicted octanol–water partition coefficient (Wildman–Crippen LogP) is 4.25. The molecule has 1 rings (SSSR count). The molecule has 3 heteroatoms. The van der Waals surface area contributed by atoms with Crippen LogP contribution in [0.5, 0.6) is 0 Å². The first-order valence-corrected chi connectivity index (χ1v) is 8.15. The SMILES string of the molecule is C=C[C@](/C=N/N1CCC[C@H]1COC)(CC)CCCCC. The van der Waals surface area contributed by atoms with Gasteiger partial charge in [0, 0.05) is 25.3 Å². The molecule has 0 radical (unpaired) electrons. The molecule has 0 unspecified atom stereocenters. The summed E-state index contributed by atoms with van der Waals surface area (Å²) in [6.07, 6.45) is 12.7. The van der Waals surface area contributed by atoms with Crippen molar-refractivity contribution in [3.8, 4) is 0 Å². The predicted molar refractivity (Wildman–Crippen MR) is 87.2 cm³/mol. The highest BCUT2D eigenvalue weighted by atomic mass is 16.5. The van der Waals surface area contributed by atoms with Crippen molar-refractivity contribution < 1.29 is 4.74 Å². The highest BCUT2D eigenvalue weighted by Crippen LogP contribution is 2.29. The lowest BCUT2D eigenvalue weighted by molar-refractivity contribution is 0.117. The van der Waals surface area contributed by atoms with Crippen LogP contribution >= 0.6 is 0 Å². The van der Waals surface area contributed by atoms with E-state index < -0.39 is 0 Å². The van der Waals surface area contributed by atoms with E-state index in [4.69, 9.17) is 9.84 Å². The van der Waals surface area contributed by atoms with Gasteiger partial charge in [0.1, 0.15) is 0 Å². The Morgan fingerprint density at radius 2 is 2.20 bits per heavy atom. The molecule has 116 valence electrons. The van der Waals surface area contributed by atoms with Gasteiger partial charge in [-0.15, -0.1) is 6.58 Å². The highest BCUT2D eigenvalue weighted by Gasteiger charge is 2.25. The molecule has 1 heterocycles. The maximum absolute atomic E-state index is 5.28. The number of hydrazone groups is 1. The Balaban J connectivity index is 2.63. The van der Waals surface area contributed by atoms with Gasteiger partial charge in [-0.1, -0.05) is 39.2 Å². The first kappa shape index (κ1) is 17.2. The van der Waals surface area contributed by atoms with Crippen LogP contribution in [0, 0.1) is 5.41 Å². The van der Waals surface area contributed by atoms with E-state index in [0.29, 0.717) is 6.04 Å². The summed E-state index contributed by atoms with van der Waals surface area (Å²) < 4.78 is 5.28. The molecule has 0 aromatic carbocycles. The minimum atomic E-state index is 0.0649. The molecule has 0 saturated carbocycles. The molecule has 1 aliphatic heterocycles. The maximum atomic E-state index is 5.28. The van der Waals surface area contributed by atoms with E-state index in [1.165, 1.54) is 32.1 Å². The van der Waals surface area contributed by atoms with E-state index in [0.717, 1.165) is 26.0 Å². The molecule has 0 aromatic heterocycles. The first-order chi connectivity index (χ1) is 9.71. The molecule has 2 atom stereocenters. The maximum Gasteiger partial charge on any atom is 0.0704 e. The van der Waals surface area contributed by atoms with Crippen LogP contribution in [0.25, 0.3) is 0 Å². The summed E-state index contributed by atoms with van der Waals surface area (Å²) in [5.74, 6) is 0. The Kier molecular flexibility index (Phi) is 7.90. The summed E-state index contributed by atoms with van der Waals surface area (Å²) in [7, 11) is 1.77. The van der Waals surface area contributed by atoms with Gasteiger partial charge in [-0.2, -0.15) is 5.10 Å². The zero-order valence-corrected chi connectivity index (χ0v) is 13.6. The van der Waals surface area contributed by atoms with E-state index in [1.807, 2.05) is 0 Å². The summed E-state index contributed by atoms with van der Waals surface area (Å²) in [5, 5.41) is 6.98. The number of hydrogen-bond acceptors (Lipinski definition) is 3. The number of rotatable bonds is 10. The fourth-order valence-corrected chi connectivity index (χ4v) is 2.86. The van der Waals surface area contributed by atoms with Gasteiger partial charge in [0.25, 0.3) is 0 Å². The third-order valence-electron chi connectivity index (χ3n) is 4.48. The number of nitrogens with zero attached hydrogens (tertiary/aromatic N) is 2. The molecule has 1 saturated heterocycles. The molecule has 1 aliphatic rings. The van der Waals surface area contributed by atoms with Crippen LogP contribution in [0.2, 0.25) is 0 Å². The van der Waals surface area contributed by atoms with Gasteiger partial charge in [0.15, 0.2) is 0 Å². The van der Waals surface area contributed by atoms with E-state index in [-0.39, 0.29) is 5.41 Å². The summed E-state index contributed by atoms with van der Waals surface area (Å²) in [6, 6.07) is 0.450. The molecule has 0 amide bonds. The van der Waals surface area contributed by atoms with Crippen LogP contribution in [0.4, 0.5) is 0 Å². The average molecular weight is 280 g/mol. The monoisotopic (exact) mass is 280 g/mol. The van der Waals surface area contributed by atoms with Gasteiger partial charge >= 0.3 is 0 Å². The van der Waals surface area contributed by atoms with Crippen molar-refractivity contribution in [1.29, 1.82) is 0 Å². The van der Waals surface area contributed by atoms with Crippen molar-refractivity contribution in [1.82, 2.24) is 5.01 Å². The molecule has 0 aliphatic carbocycles. The molecule has 0 bridgehead atoms. The van der Waals surface area contributed by atoms with Crippen LogP contribution < -0.4 is 0 Å². The minimum Gasteiger partial charge on any atom is -0.382 e. The third kappa shape index (κ3) is 4.93. The van der Waals surface area contributed by atoms with Gasteiger partial charge in [0.2, 0.25) is 0 Å². The number of allylic oxidation sites excluding steroid dienone is 1. The quantitative estimate of drug-likeness (QED) is 0.339. The Bertz CT molecular complexity index is 303. The summed E-state index contributed by atoms with van der Waals surface area (Å²) in [6.45, 7) is 10.4. The average Bonchev–Trinajstić information content (AvgIpc) is 2.91. The van der Waals surface area contributed by atoms with Crippen molar-refractivity contribution in [3.05, 3.63) is 12.7 Å². The smallest absolute Gasteiger partial charge is 0.0704 e. The molecule has 0 N–H and O–H groups in total. The Morgan fingerprint density at radius 1 is 1.40 bits per heavy atom. The van der Waals surface area contributed by atoms with Crippen LogP contribution in [0.1, 0.15) is 58.8 Å². The summed E-state index contributed by atoms with van der Waals surface area (Å²) in [5.41, 5.74) is 0.0649. The lowest BCUT2D eigenvalue weighted by Gasteiger charge is -2.27. The van der Waals surface area contributed by atoms with Crippen LogP contribution in [-0.2, 0) is 4.74 Å². The van der Waals surface area contributed by atoms with Crippen LogP contribution in [-0.4, -0.2) is 37.5 Å². The molecule has 1 fully saturated rings. The second-order valence-electron chi connectivity index (χ2n) is 5.91. The van der Waals surface area contributed by atoms with Gasteiger partial charge in [0.05, 0.1) is 12.6 Å². The third-order valence-corrected chi connectivity index (χ3v) is 4.48. The van der Waals surface area contributed by atoms with Crippen molar-refractivity contribution in [2.24, 2.45) is 10.5 Å². The highest BCUT2D eigenvalue weighted by molar-refractivity contribution is 5.68. The Hall–Kier alpha value is -0.830.